The summed E-state index contributed by atoms with van der Waals surface area (Å²) in [6, 6.07) is 7.39. The van der Waals surface area contributed by atoms with Crippen LogP contribution in [-0.2, 0) is 4.79 Å². The van der Waals surface area contributed by atoms with E-state index < -0.39 is 16.8 Å². The number of carboxylic acid groups (broad SMARTS) is 1. The Morgan fingerprint density at radius 3 is 2.45 bits per heavy atom. The van der Waals surface area contributed by atoms with Crippen LogP contribution in [0.25, 0.3) is 0 Å². The molecule has 154 valence electrons. The molecule has 0 aromatic heterocycles. The number of carboxylic acids is 1. The van der Waals surface area contributed by atoms with Gasteiger partial charge in [-0.05, 0) is 43.7 Å². The van der Waals surface area contributed by atoms with Gasteiger partial charge in [-0.1, -0.05) is 23.2 Å². The highest BCUT2D eigenvalue weighted by molar-refractivity contribution is 6.34. The molecule has 1 heterocycles. The molecule has 1 amide bonds. The van der Waals surface area contributed by atoms with Crippen LogP contribution in [0, 0.1) is 10.1 Å². The molecule has 3 rings (SSSR count). The number of amides is 1. The summed E-state index contributed by atoms with van der Waals surface area (Å²) in [5.74, 6) is -1.59. The highest BCUT2D eigenvalue weighted by atomic mass is 35.5. The Hall–Kier alpha value is -2.88. The van der Waals surface area contributed by atoms with Crippen LogP contribution in [0.1, 0.15) is 23.2 Å². The summed E-state index contributed by atoms with van der Waals surface area (Å²) < 4.78 is 0. The summed E-state index contributed by atoms with van der Waals surface area (Å²) >= 11 is 11.6. The number of rotatable bonds is 4. The molecule has 4 N–H and O–H groups in total. The molecule has 1 aliphatic heterocycles. The van der Waals surface area contributed by atoms with E-state index in [1.165, 1.54) is 30.3 Å². The molecule has 0 unspecified atom stereocenters. The zero-order valence-corrected chi connectivity index (χ0v) is 16.4. The molecule has 1 saturated heterocycles. The highest BCUT2D eigenvalue weighted by Crippen LogP contribution is 2.28. The number of nitro groups is 1. The van der Waals surface area contributed by atoms with Gasteiger partial charge >= 0.3 is 5.97 Å². The number of carbonyl (C=O) groups excluding carboxylic acids is 1. The lowest BCUT2D eigenvalue weighted by atomic mass is 10.2. The summed E-state index contributed by atoms with van der Waals surface area (Å²) in [6.07, 6.45) is 1.78. The number of non-ortho nitro benzene ring substituents is 1. The Morgan fingerprint density at radius 1 is 1.21 bits per heavy atom. The van der Waals surface area contributed by atoms with Crippen LogP contribution in [-0.4, -0.2) is 39.6 Å². The standard InChI is InChI=1S/C13H8Cl2N2O4.C5H9NO2/c14-7-1-4-12(18)9(5-7)13(19)16-11-3-2-8(17(20)21)6-10(11)15;7-5(8)4-2-1-3-6-4/h1-6,18H,(H,16,19);4,6H,1-3H2,(H,7,8)/t;4-/m.0/s1. The number of hydrogen-bond donors (Lipinski definition) is 4. The van der Waals surface area contributed by atoms with Crippen molar-refractivity contribution < 1.29 is 24.7 Å². The number of aromatic hydroxyl groups is 1. The van der Waals surface area contributed by atoms with Crippen LogP contribution in [0.3, 0.4) is 0 Å². The lowest BCUT2D eigenvalue weighted by Crippen LogP contribution is -2.29. The zero-order valence-electron chi connectivity index (χ0n) is 14.9. The van der Waals surface area contributed by atoms with Crippen molar-refractivity contribution in [2.75, 3.05) is 11.9 Å². The number of nitrogens with zero attached hydrogens (tertiary/aromatic N) is 1. The predicted octanol–water partition coefficient (Wildman–Crippen LogP) is 3.68. The van der Waals surface area contributed by atoms with Gasteiger partial charge in [-0.15, -0.1) is 0 Å². The van der Waals surface area contributed by atoms with Gasteiger partial charge in [0.2, 0.25) is 0 Å². The Kier molecular flexibility index (Phi) is 7.77. The smallest absolute Gasteiger partial charge is 0.320 e. The number of nitrogens with one attached hydrogen (secondary N) is 2. The van der Waals surface area contributed by atoms with E-state index in [0.717, 1.165) is 25.5 Å². The SMILES string of the molecule is O=C(Nc1ccc([N+](=O)[O-])cc1Cl)c1cc(Cl)ccc1O.O=C(O)[C@@H]1CCCN1. The van der Waals surface area contributed by atoms with Crippen LogP contribution >= 0.6 is 23.2 Å². The fraction of sp³-hybridized carbons (Fsp3) is 0.222. The van der Waals surface area contributed by atoms with Crippen molar-refractivity contribution in [1.82, 2.24) is 5.32 Å². The molecule has 11 heteroatoms. The molecular weight excluding hydrogens is 425 g/mol. The van der Waals surface area contributed by atoms with Crippen molar-refractivity contribution in [2.45, 2.75) is 18.9 Å². The molecule has 0 aliphatic carbocycles. The summed E-state index contributed by atoms with van der Waals surface area (Å²) in [5, 5.41) is 34.2. The molecule has 0 radical (unpaired) electrons. The minimum Gasteiger partial charge on any atom is -0.507 e. The van der Waals surface area contributed by atoms with Gasteiger partial charge in [-0.3, -0.25) is 19.7 Å². The minimum atomic E-state index is -0.720. The third-order valence-electron chi connectivity index (χ3n) is 3.97. The first-order chi connectivity index (χ1) is 13.7. The molecule has 1 aliphatic rings. The van der Waals surface area contributed by atoms with E-state index >= 15 is 0 Å². The van der Waals surface area contributed by atoms with Crippen LogP contribution in [0.4, 0.5) is 11.4 Å². The third-order valence-corrected chi connectivity index (χ3v) is 4.52. The number of anilines is 1. The van der Waals surface area contributed by atoms with Crippen molar-refractivity contribution in [1.29, 1.82) is 0 Å². The molecule has 2 aromatic rings. The molecule has 1 fully saturated rings. The first kappa shape index (κ1) is 22.4. The average molecular weight is 442 g/mol. The van der Waals surface area contributed by atoms with Crippen molar-refractivity contribution in [3.63, 3.8) is 0 Å². The van der Waals surface area contributed by atoms with E-state index in [1.54, 1.807) is 0 Å². The molecule has 1 atom stereocenters. The summed E-state index contributed by atoms with van der Waals surface area (Å²) in [4.78, 5) is 32.2. The van der Waals surface area contributed by atoms with E-state index in [-0.39, 0.29) is 38.8 Å². The minimum absolute atomic E-state index is 0.0130. The monoisotopic (exact) mass is 441 g/mol. The molecule has 2 aromatic carbocycles. The summed E-state index contributed by atoms with van der Waals surface area (Å²) in [6.45, 7) is 0.858. The maximum atomic E-state index is 12.0. The van der Waals surface area contributed by atoms with Gasteiger partial charge in [-0.2, -0.15) is 0 Å². The number of halogens is 2. The first-order valence-electron chi connectivity index (χ1n) is 8.39. The first-order valence-corrected chi connectivity index (χ1v) is 9.14. The maximum Gasteiger partial charge on any atom is 0.320 e. The fourth-order valence-electron chi connectivity index (χ4n) is 2.49. The number of aliphatic carboxylic acids is 1. The summed E-state index contributed by atoms with van der Waals surface area (Å²) in [5.41, 5.74) is -0.0350. The number of benzene rings is 2. The zero-order chi connectivity index (χ0) is 21.6. The molecule has 0 saturated carbocycles. The van der Waals surface area contributed by atoms with Gasteiger partial charge in [0.1, 0.15) is 11.8 Å². The van der Waals surface area contributed by atoms with Gasteiger partial charge in [-0.25, -0.2) is 0 Å². The Morgan fingerprint density at radius 2 is 1.93 bits per heavy atom. The van der Waals surface area contributed by atoms with E-state index in [9.17, 15) is 24.8 Å². The number of phenols is 1. The molecule has 29 heavy (non-hydrogen) atoms. The molecule has 0 bridgehead atoms. The third kappa shape index (κ3) is 6.31. The van der Waals surface area contributed by atoms with Gasteiger partial charge in [0, 0.05) is 17.2 Å². The second-order valence-electron chi connectivity index (χ2n) is 6.02. The molecular formula is C18H17Cl2N3O6. The van der Waals surface area contributed by atoms with Gasteiger partial charge in [0.15, 0.2) is 0 Å². The van der Waals surface area contributed by atoms with Crippen molar-refractivity contribution in [2.24, 2.45) is 0 Å². The Labute approximate surface area is 175 Å². The van der Waals surface area contributed by atoms with Crippen molar-refractivity contribution >= 4 is 46.5 Å². The average Bonchev–Trinajstić information content (AvgIpc) is 3.21. The largest absolute Gasteiger partial charge is 0.507 e. The van der Waals surface area contributed by atoms with E-state index in [4.69, 9.17) is 28.3 Å². The number of phenolic OH excluding ortho intramolecular Hbond substituents is 1. The van der Waals surface area contributed by atoms with Gasteiger partial charge in [0.25, 0.3) is 11.6 Å². The number of hydrogen-bond acceptors (Lipinski definition) is 6. The highest BCUT2D eigenvalue weighted by Gasteiger charge is 2.20. The topological polar surface area (TPSA) is 142 Å². The van der Waals surface area contributed by atoms with Crippen molar-refractivity contribution in [3.05, 3.63) is 62.1 Å². The van der Waals surface area contributed by atoms with Crippen LogP contribution in [0.15, 0.2) is 36.4 Å². The van der Waals surface area contributed by atoms with E-state index in [0.29, 0.717) is 0 Å². The van der Waals surface area contributed by atoms with Gasteiger partial charge in [0.05, 0.1) is 21.2 Å². The fourth-order valence-corrected chi connectivity index (χ4v) is 2.89. The normalized spacial score (nSPS) is 15.2. The second kappa shape index (κ2) is 10.1. The van der Waals surface area contributed by atoms with E-state index in [2.05, 4.69) is 10.6 Å². The predicted molar refractivity (Wildman–Crippen MR) is 108 cm³/mol. The molecule has 9 nitrogen and oxygen atoms in total. The molecule has 0 spiro atoms. The maximum absolute atomic E-state index is 12.0. The quantitative estimate of drug-likeness (QED) is 0.418. The second-order valence-corrected chi connectivity index (χ2v) is 6.87. The lowest BCUT2D eigenvalue weighted by molar-refractivity contribution is -0.384. The van der Waals surface area contributed by atoms with E-state index in [1.807, 2.05) is 0 Å². The Bertz CT molecular complexity index is 932. The lowest BCUT2D eigenvalue weighted by Gasteiger charge is -2.08. The summed E-state index contributed by atoms with van der Waals surface area (Å²) in [7, 11) is 0. The van der Waals surface area contributed by atoms with Crippen LogP contribution < -0.4 is 10.6 Å². The number of nitro benzene ring substituents is 1. The Balaban J connectivity index is 0.000000313. The van der Waals surface area contributed by atoms with Gasteiger partial charge < -0.3 is 20.8 Å². The number of carbonyl (C=O) groups is 2. The van der Waals surface area contributed by atoms with Crippen molar-refractivity contribution in [3.8, 4) is 5.75 Å². The van der Waals surface area contributed by atoms with Crippen LogP contribution in [0.2, 0.25) is 10.0 Å². The van der Waals surface area contributed by atoms with Crippen LogP contribution in [0.5, 0.6) is 5.75 Å².